The zero-order chi connectivity index (χ0) is 23.6. The fraction of sp³-hybridized carbons (Fsp3) is 0.750. The summed E-state index contributed by atoms with van der Waals surface area (Å²) >= 11 is 0. The average Bonchev–Trinajstić information content (AvgIpc) is 3.24. The number of hydrogen-bond donors (Lipinski definition) is 1. The highest BCUT2D eigenvalue weighted by Crippen LogP contribution is 2.43. The summed E-state index contributed by atoms with van der Waals surface area (Å²) in [6, 6.07) is 1.93. The predicted octanol–water partition coefficient (Wildman–Crippen LogP) is 3.71. The molecule has 2 unspecified atom stereocenters. The van der Waals surface area contributed by atoms with E-state index in [4.69, 9.17) is 4.74 Å². The second-order valence-corrected chi connectivity index (χ2v) is 9.90. The third-order valence-electron chi connectivity index (χ3n) is 7.81. The summed E-state index contributed by atoms with van der Waals surface area (Å²) in [4.78, 5) is 21.2. The molecule has 1 aliphatic carbocycles. The van der Waals surface area contributed by atoms with Crippen molar-refractivity contribution in [2.24, 2.45) is 11.3 Å². The van der Waals surface area contributed by atoms with E-state index >= 15 is 0 Å². The van der Waals surface area contributed by atoms with E-state index in [1.807, 2.05) is 9.80 Å². The van der Waals surface area contributed by atoms with Crippen LogP contribution in [0.4, 0.5) is 18.9 Å². The summed E-state index contributed by atoms with van der Waals surface area (Å²) in [5.74, 6) is 0.681. The Bertz CT molecular complexity index is 828. The summed E-state index contributed by atoms with van der Waals surface area (Å²) in [7, 11) is 0. The van der Waals surface area contributed by atoms with Crippen LogP contribution in [-0.2, 0) is 15.7 Å². The molecule has 4 atom stereocenters. The Labute approximate surface area is 193 Å². The minimum atomic E-state index is -4.41. The van der Waals surface area contributed by atoms with Crippen molar-refractivity contribution in [2.45, 2.75) is 64.2 Å². The summed E-state index contributed by atoms with van der Waals surface area (Å²) < 4.78 is 44.7. The lowest BCUT2D eigenvalue weighted by Gasteiger charge is -2.40. The minimum absolute atomic E-state index is 0.205. The molecule has 0 aromatic carbocycles. The first-order chi connectivity index (χ1) is 15.7. The lowest BCUT2D eigenvalue weighted by molar-refractivity contribution is -0.142. The van der Waals surface area contributed by atoms with Gasteiger partial charge in [0.1, 0.15) is 0 Å². The molecule has 1 N–H and O–H groups in total. The lowest BCUT2D eigenvalue weighted by Crippen LogP contribution is -2.53. The Morgan fingerprint density at radius 1 is 1.24 bits per heavy atom. The summed E-state index contributed by atoms with van der Waals surface area (Å²) in [6.07, 6.45) is 2.45. The Hall–Kier alpha value is -1.87. The quantitative estimate of drug-likeness (QED) is 0.714. The monoisotopic (exact) mass is 468 g/mol. The van der Waals surface area contributed by atoms with Crippen LogP contribution in [-0.4, -0.2) is 67.3 Å². The van der Waals surface area contributed by atoms with Gasteiger partial charge >= 0.3 is 6.18 Å². The van der Waals surface area contributed by atoms with E-state index in [0.717, 1.165) is 57.6 Å². The summed E-state index contributed by atoms with van der Waals surface area (Å²) in [5.41, 5.74) is -0.629. The first-order valence-corrected chi connectivity index (χ1v) is 12.1. The summed E-state index contributed by atoms with van der Waals surface area (Å²) in [6.45, 7) is 7.95. The molecule has 3 heterocycles. The van der Waals surface area contributed by atoms with E-state index < -0.39 is 11.7 Å². The van der Waals surface area contributed by atoms with Crippen LogP contribution in [0, 0.1) is 11.3 Å². The third kappa shape index (κ3) is 5.29. The highest BCUT2D eigenvalue weighted by atomic mass is 19.4. The molecule has 4 rings (SSSR count). The van der Waals surface area contributed by atoms with Crippen LogP contribution in [0.5, 0.6) is 0 Å². The van der Waals surface area contributed by atoms with Gasteiger partial charge in [-0.3, -0.25) is 9.78 Å². The molecule has 184 valence electrons. The standard InChI is InChI=1S/C24H35F3N4O2/c1-3-23(6-4-19(13-23)29-21-5-11-33-16-17(21)2)22(32)31-9-7-30(8-10-31)20-12-18(14-28-15-20)24(25,26)27/h12,14-15,17,19,21,29H,3-11,13,16H2,1-2H3/t17?,19-,21?,23+/m1/s1. The normalized spacial score (nSPS) is 31.1. The van der Waals surface area contributed by atoms with Crippen molar-refractivity contribution >= 4 is 11.6 Å². The Kier molecular flexibility index (Phi) is 7.19. The van der Waals surface area contributed by atoms with Crippen LogP contribution >= 0.6 is 0 Å². The fourth-order valence-electron chi connectivity index (χ4n) is 5.62. The van der Waals surface area contributed by atoms with Gasteiger partial charge in [0.25, 0.3) is 0 Å². The second kappa shape index (κ2) is 9.78. The van der Waals surface area contributed by atoms with Gasteiger partial charge in [0, 0.05) is 51.1 Å². The predicted molar refractivity (Wildman–Crippen MR) is 120 cm³/mol. The van der Waals surface area contributed by atoms with Gasteiger partial charge in [0.15, 0.2) is 0 Å². The lowest BCUT2D eigenvalue weighted by atomic mass is 9.81. The van der Waals surface area contributed by atoms with Gasteiger partial charge in [-0.2, -0.15) is 13.2 Å². The highest BCUT2D eigenvalue weighted by molar-refractivity contribution is 5.83. The van der Waals surface area contributed by atoms with Crippen molar-refractivity contribution in [3.63, 3.8) is 0 Å². The molecule has 9 heteroatoms. The van der Waals surface area contributed by atoms with Crippen LogP contribution in [0.1, 0.15) is 51.5 Å². The molecule has 0 spiro atoms. The van der Waals surface area contributed by atoms with Gasteiger partial charge < -0.3 is 19.9 Å². The van der Waals surface area contributed by atoms with Crippen LogP contribution in [0.25, 0.3) is 0 Å². The number of nitrogens with one attached hydrogen (secondary N) is 1. The number of hydrogen-bond acceptors (Lipinski definition) is 5. The molecule has 33 heavy (non-hydrogen) atoms. The number of pyridine rings is 1. The Morgan fingerprint density at radius 3 is 2.67 bits per heavy atom. The topological polar surface area (TPSA) is 57.7 Å². The number of amides is 1. The smallest absolute Gasteiger partial charge is 0.381 e. The van der Waals surface area contributed by atoms with Gasteiger partial charge in [-0.1, -0.05) is 13.8 Å². The zero-order valence-electron chi connectivity index (χ0n) is 19.5. The van der Waals surface area contributed by atoms with E-state index in [1.165, 1.54) is 6.20 Å². The van der Waals surface area contributed by atoms with Gasteiger partial charge in [-0.15, -0.1) is 0 Å². The van der Waals surface area contributed by atoms with Crippen molar-refractivity contribution in [3.05, 3.63) is 24.0 Å². The molecule has 2 aliphatic heterocycles. The molecular weight excluding hydrogens is 433 g/mol. The molecule has 1 saturated carbocycles. The van der Waals surface area contributed by atoms with Crippen LogP contribution < -0.4 is 10.2 Å². The van der Waals surface area contributed by atoms with Gasteiger partial charge in [-0.05, 0) is 44.1 Å². The van der Waals surface area contributed by atoms with E-state index in [9.17, 15) is 18.0 Å². The minimum Gasteiger partial charge on any atom is -0.381 e. The number of carbonyl (C=O) groups excluding carboxylic acids is 1. The number of ether oxygens (including phenoxy) is 1. The largest absolute Gasteiger partial charge is 0.417 e. The first-order valence-electron chi connectivity index (χ1n) is 12.1. The van der Waals surface area contributed by atoms with Crippen molar-refractivity contribution in [1.29, 1.82) is 0 Å². The molecule has 3 fully saturated rings. The van der Waals surface area contributed by atoms with Crippen LogP contribution in [0.15, 0.2) is 18.5 Å². The summed E-state index contributed by atoms with van der Waals surface area (Å²) in [5, 5.41) is 3.80. The van der Waals surface area contributed by atoms with E-state index in [1.54, 1.807) is 0 Å². The first kappa shape index (κ1) is 24.3. The molecule has 3 aliphatic rings. The number of carbonyl (C=O) groups is 1. The van der Waals surface area contributed by atoms with Gasteiger partial charge in [0.2, 0.25) is 5.91 Å². The van der Waals surface area contributed by atoms with Crippen molar-refractivity contribution < 1.29 is 22.7 Å². The highest BCUT2D eigenvalue weighted by Gasteiger charge is 2.46. The number of alkyl halides is 3. The maximum Gasteiger partial charge on any atom is 0.417 e. The second-order valence-electron chi connectivity index (χ2n) is 9.90. The molecule has 6 nitrogen and oxygen atoms in total. The fourth-order valence-corrected chi connectivity index (χ4v) is 5.62. The molecule has 0 bridgehead atoms. The van der Waals surface area contributed by atoms with Crippen molar-refractivity contribution in [3.8, 4) is 0 Å². The maximum atomic E-state index is 13.6. The average molecular weight is 469 g/mol. The van der Waals surface area contributed by atoms with E-state index in [2.05, 4.69) is 24.1 Å². The maximum absolute atomic E-state index is 13.6. The van der Waals surface area contributed by atoms with Crippen LogP contribution in [0.3, 0.4) is 0 Å². The van der Waals surface area contributed by atoms with Crippen molar-refractivity contribution in [2.75, 3.05) is 44.3 Å². The molecule has 2 saturated heterocycles. The number of nitrogens with zero attached hydrogens (tertiary/aromatic N) is 3. The van der Waals surface area contributed by atoms with Gasteiger partial charge in [-0.25, -0.2) is 0 Å². The third-order valence-corrected chi connectivity index (χ3v) is 7.81. The number of halogens is 3. The molecular formula is C24H35F3N4O2. The number of anilines is 1. The Morgan fingerprint density at radius 2 is 2.00 bits per heavy atom. The number of rotatable bonds is 5. The number of piperazine rings is 1. The number of aromatic nitrogens is 1. The molecule has 0 radical (unpaired) electrons. The van der Waals surface area contributed by atoms with E-state index in [-0.39, 0.29) is 11.3 Å². The molecule has 1 aromatic rings. The van der Waals surface area contributed by atoms with Gasteiger partial charge in [0.05, 0.1) is 29.5 Å². The molecule has 1 aromatic heterocycles. The van der Waals surface area contributed by atoms with Crippen LogP contribution in [0.2, 0.25) is 0 Å². The molecule has 1 amide bonds. The SMILES string of the molecule is CC[C@]1(C(=O)N2CCN(c3cncc(C(F)(F)F)c3)CC2)CC[C@@H](NC2CCOCC2C)C1. The Balaban J connectivity index is 1.35. The van der Waals surface area contributed by atoms with Crippen molar-refractivity contribution in [1.82, 2.24) is 15.2 Å². The van der Waals surface area contributed by atoms with E-state index in [0.29, 0.717) is 49.9 Å². The zero-order valence-corrected chi connectivity index (χ0v) is 19.5.